The van der Waals surface area contributed by atoms with E-state index in [-0.39, 0.29) is 28.2 Å². The second kappa shape index (κ2) is 8.33. The lowest BCUT2D eigenvalue weighted by Crippen LogP contribution is -2.33. The Kier molecular flexibility index (Phi) is 6.00. The second-order valence-electron chi connectivity index (χ2n) is 8.45. The predicted molar refractivity (Wildman–Crippen MR) is 113 cm³/mol. The molecule has 1 aromatic heterocycles. The molecule has 0 aliphatic heterocycles. The normalized spacial score (nSPS) is 24.2. The van der Waals surface area contributed by atoms with Gasteiger partial charge in [-0.1, -0.05) is 38.2 Å². The SMILES string of the molecule is CS(=O)(=O)c1cc(OC(F)(F)F)ccc1C1(C(=O)Nc2nccs2)CC1C1CCCCC1. The number of carbonyl (C=O) groups excluding carboxylic acids is 1. The quantitative estimate of drug-likeness (QED) is 0.624. The molecule has 2 aliphatic carbocycles. The van der Waals surface area contributed by atoms with Gasteiger partial charge in [0.2, 0.25) is 5.91 Å². The maximum atomic E-state index is 13.5. The highest BCUT2D eigenvalue weighted by Gasteiger charge is 2.64. The van der Waals surface area contributed by atoms with Crippen molar-refractivity contribution in [1.82, 2.24) is 4.98 Å². The van der Waals surface area contributed by atoms with Crippen molar-refractivity contribution in [3.8, 4) is 5.75 Å². The maximum Gasteiger partial charge on any atom is 0.573 e. The van der Waals surface area contributed by atoms with Gasteiger partial charge in [-0.25, -0.2) is 13.4 Å². The molecule has 2 aromatic rings. The van der Waals surface area contributed by atoms with E-state index in [1.54, 1.807) is 11.6 Å². The van der Waals surface area contributed by atoms with Gasteiger partial charge in [0, 0.05) is 17.8 Å². The van der Waals surface area contributed by atoms with Crippen molar-refractivity contribution in [3.63, 3.8) is 0 Å². The minimum Gasteiger partial charge on any atom is -0.406 e. The maximum absolute atomic E-state index is 13.5. The van der Waals surface area contributed by atoms with E-state index < -0.39 is 27.4 Å². The van der Waals surface area contributed by atoms with Gasteiger partial charge in [0.05, 0.1) is 10.3 Å². The van der Waals surface area contributed by atoms with E-state index in [2.05, 4.69) is 15.0 Å². The summed E-state index contributed by atoms with van der Waals surface area (Å²) in [6, 6.07) is 3.24. The van der Waals surface area contributed by atoms with Crippen LogP contribution in [0.4, 0.5) is 18.3 Å². The summed E-state index contributed by atoms with van der Waals surface area (Å²) in [6.07, 6.45) is 3.06. The number of rotatable bonds is 6. The zero-order valence-corrected chi connectivity index (χ0v) is 18.9. The number of carbonyl (C=O) groups is 1. The number of anilines is 1. The van der Waals surface area contributed by atoms with Crippen molar-refractivity contribution in [2.24, 2.45) is 11.8 Å². The van der Waals surface area contributed by atoms with Gasteiger partial charge in [0.15, 0.2) is 15.0 Å². The van der Waals surface area contributed by atoms with E-state index in [9.17, 15) is 26.4 Å². The molecule has 0 radical (unpaired) electrons. The molecule has 0 saturated heterocycles. The summed E-state index contributed by atoms with van der Waals surface area (Å²) in [5, 5.41) is 4.88. The number of thiazole rings is 1. The van der Waals surface area contributed by atoms with Crippen LogP contribution < -0.4 is 10.1 Å². The van der Waals surface area contributed by atoms with Crippen LogP contribution in [0.2, 0.25) is 0 Å². The van der Waals surface area contributed by atoms with Crippen molar-refractivity contribution in [2.45, 2.75) is 55.2 Å². The molecule has 6 nitrogen and oxygen atoms in total. The molecule has 2 saturated carbocycles. The highest BCUT2D eigenvalue weighted by molar-refractivity contribution is 7.90. The Bertz CT molecular complexity index is 1100. The van der Waals surface area contributed by atoms with Crippen LogP contribution in [0, 0.1) is 11.8 Å². The van der Waals surface area contributed by atoms with Crippen molar-refractivity contribution >= 4 is 32.2 Å². The smallest absolute Gasteiger partial charge is 0.406 e. The molecule has 2 unspecified atom stereocenters. The van der Waals surface area contributed by atoms with Gasteiger partial charge in [0.25, 0.3) is 0 Å². The Morgan fingerprint density at radius 1 is 1.25 bits per heavy atom. The third kappa shape index (κ3) is 4.63. The molecule has 4 rings (SSSR count). The Morgan fingerprint density at radius 3 is 2.56 bits per heavy atom. The van der Waals surface area contributed by atoms with Crippen LogP contribution in [0.15, 0.2) is 34.7 Å². The summed E-state index contributed by atoms with van der Waals surface area (Å²) in [5.74, 6) is -0.841. The molecule has 174 valence electrons. The van der Waals surface area contributed by atoms with Gasteiger partial charge in [-0.3, -0.25) is 4.79 Å². The number of hydrogen-bond donors (Lipinski definition) is 1. The second-order valence-corrected chi connectivity index (χ2v) is 11.3. The van der Waals surface area contributed by atoms with Crippen molar-refractivity contribution in [1.29, 1.82) is 0 Å². The molecule has 1 aromatic carbocycles. The zero-order chi connectivity index (χ0) is 23.1. The van der Waals surface area contributed by atoms with Crippen LogP contribution in [0.3, 0.4) is 0 Å². The average Bonchev–Trinajstić information content (AvgIpc) is 3.27. The summed E-state index contributed by atoms with van der Waals surface area (Å²) < 4.78 is 67.3. The summed E-state index contributed by atoms with van der Waals surface area (Å²) in [5.41, 5.74) is -0.915. The third-order valence-corrected chi connectivity index (χ3v) is 8.18. The number of halogens is 3. The minimum atomic E-state index is -4.96. The lowest BCUT2D eigenvalue weighted by molar-refractivity contribution is -0.274. The fraction of sp³-hybridized carbons (Fsp3) is 0.524. The molecule has 1 amide bonds. The third-order valence-electron chi connectivity index (χ3n) is 6.36. The molecule has 32 heavy (non-hydrogen) atoms. The number of amides is 1. The van der Waals surface area contributed by atoms with Gasteiger partial charge in [-0.15, -0.1) is 24.5 Å². The van der Waals surface area contributed by atoms with Gasteiger partial charge < -0.3 is 10.1 Å². The Balaban J connectivity index is 1.78. The van der Waals surface area contributed by atoms with E-state index in [1.165, 1.54) is 17.4 Å². The van der Waals surface area contributed by atoms with Gasteiger partial charge >= 0.3 is 6.36 Å². The Labute approximate surface area is 188 Å². The number of nitrogens with zero attached hydrogens (tertiary/aromatic N) is 1. The predicted octanol–water partition coefficient (Wildman–Crippen LogP) is 4.92. The molecular formula is C21H23F3N2O4S2. The van der Waals surface area contributed by atoms with Gasteiger partial charge in [-0.05, 0) is 36.0 Å². The van der Waals surface area contributed by atoms with Gasteiger partial charge in [0.1, 0.15) is 5.75 Å². The molecule has 1 heterocycles. The number of benzene rings is 1. The molecular weight excluding hydrogens is 465 g/mol. The summed E-state index contributed by atoms with van der Waals surface area (Å²) in [6.45, 7) is 0. The van der Waals surface area contributed by atoms with Crippen LogP contribution in [0.5, 0.6) is 5.75 Å². The molecule has 0 bridgehead atoms. The molecule has 2 aliphatic rings. The zero-order valence-electron chi connectivity index (χ0n) is 17.3. The van der Waals surface area contributed by atoms with Crippen molar-refractivity contribution < 1.29 is 31.1 Å². The number of aromatic nitrogens is 1. The lowest BCUT2D eigenvalue weighted by atomic mass is 9.80. The van der Waals surface area contributed by atoms with E-state index in [1.807, 2.05) is 0 Å². The first kappa shape index (κ1) is 23.0. The highest BCUT2D eigenvalue weighted by Crippen LogP contribution is 2.62. The van der Waals surface area contributed by atoms with Gasteiger partial charge in [-0.2, -0.15) is 0 Å². The Hall–Kier alpha value is -2.14. The molecule has 2 fully saturated rings. The Morgan fingerprint density at radius 2 is 1.97 bits per heavy atom. The number of hydrogen-bond acceptors (Lipinski definition) is 6. The van der Waals surface area contributed by atoms with E-state index in [4.69, 9.17) is 0 Å². The first-order valence-electron chi connectivity index (χ1n) is 10.3. The van der Waals surface area contributed by atoms with Crippen LogP contribution in [-0.2, 0) is 20.0 Å². The monoisotopic (exact) mass is 488 g/mol. The molecule has 0 spiro atoms. The van der Waals surface area contributed by atoms with Crippen LogP contribution in [0.1, 0.15) is 44.1 Å². The van der Waals surface area contributed by atoms with Crippen LogP contribution in [0.25, 0.3) is 0 Å². The van der Waals surface area contributed by atoms with E-state index >= 15 is 0 Å². The lowest BCUT2D eigenvalue weighted by Gasteiger charge is -2.26. The van der Waals surface area contributed by atoms with Crippen LogP contribution in [-0.4, -0.2) is 31.9 Å². The topological polar surface area (TPSA) is 85.4 Å². The number of sulfone groups is 1. The summed E-state index contributed by atoms with van der Waals surface area (Å²) >= 11 is 1.24. The number of alkyl halides is 3. The molecule has 2 atom stereocenters. The standard InChI is InChI=1S/C21H23F3N2O4S2/c1-32(28,29)17-11-14(30-21(22,23)24)7-8-15(17)20(18(27)26-19-25-9-10-31-19)12-16(20)13-5-3-2-4-6-13/h7-11,13,16H,2-6,12H2,1H3,(H,25,26,27). The van der Waals surface area contributed by atoms with E-state index in [0.717, 1.165) is 50.5 Å². The number of ether oxygens (including phenoxy) is 1. The van der Waals surface area contributed by atoms with Crippen molar-refractivity contribution in [3.05, 3.63) is 35.3 Å². The molecule has 11 heteroatoms. The summed E-state index contributed by atoms with van der Waals surface area (Å²) in [4.78, 5) is 17.3. The molecule has 1 N–H and O–H groups in total. The largest absolute Gasteiger partial charge is 0.573 e. The minimum absolute atomic E-state index is 0.0855. The van der Waals surface area contributed by atoms with Crippen LogP contribution >= 0.6 is 11.3 Å². The highest BCUT2D eigenvalue weighted by atomic mass is 32.2. The fourth-order valence-electron chi connectivity index (χ4n) is 4.96. The first-order chi connectivity index (χ1) is 15.0. The van der Waals surface area contributed by atoms with E-state index in [0.29, 0.717) is 11.6 Å². The summed E-state index contributed by atoms with van der Waals surface area (Å²) in [7, 11) is -3.94. The first-order valence-corrected chi connectivity index (χ1v) is 13.1. The average molecular weight is 489 g/mol. The van der Waals surface area contributed by atoms with Crippen molar-refractivity contribution in [2.75, 3.05) is 11.6 Å². The number of nitrogens with one attached hydrogen (secondary N) is 1. The fourth-order valence-corrected chi connectivity index (χ4v) is 6.46.